The van der Waals surface area contributed by atoms with E-state index in [1.807, 2.05) is 30.3 Å². The maximum Gasteiger partial charge on any atom is 0.238 e. The van der Waals surface area contributed by atoms with E-state index in [2.05, 4.69) is 10.2 Å². The average Bonchev–Trinajstić information content (AvgIpc) is 3.02. The first-order valence-corrected chi connectivity index (χ1v) is 6.48. The molecule has 2 fully saturated rings. The average molecular weight is 273 g/mol. The molecular weight excluding hydrogens is 258 g/mol. The molecule has 3 rings (SSSR count). The summed E-state index contributed by atoms with van der Waals surface area (Å²) in [6.45, 7) is 1.91. The van der Waals surface area contributed by atoms with Crippen LogP contribution in [0.25, 0.3) is 0 Å². The molecule has 1 aromatic carbocycles. The largest absolute Gasteiger partial charge is 0.364 e. The molecule has 0 radical (unpaired) electrons. The third kappa shape index (κ3) is 2.51. The van der Waals surface area contributed by atoms with Crippen molar-refractivity contribution in [3.63, 3.8) is 0 Å². The van der Waals surface area contributed by atoms with Crippen LogP contribution in [-0.2, 0) is 14.3 Å². The van der Waals surface area contributed by atoms with E-state index in [0.717, 1.165) is 5.56 Å². The second kappa shape index (κ2) is 5.59. The van der Waals surface area contributed by atoms with Crippen molar-refractivity contribution < 1.29 is 14.3 Å². The number of nitrogens with one attached hydrogen (secondary N) is 1. The molecule has 2 aliphatic heterocycles. The molecule has 2 heterocycles. The van der Waals surface area contributed by atoms with Crippen LogP contribution in [0.4, 0.5) is 5.69 Å². The minimum atomic E-state index is -0.298. The number of benzene rings is 1. The van der Waals surface area contributed by atoms with Gasteiger partial charge in [0.05, 0.1) is 18.7 Å². The number of carbonyl (C=O) groups is 1. The topological polar surface area (TPSA) is 74.6 Å². The number of fused-ring (bicyclic) bond motifs is 1. The van der Waals surface area contributed by atoms with E-state index in [-0.39, 0.29) is 24.5 Å². The van der Waals surface area contributed by atoms with Gasteiger partial charge < -0.3 is 14.8 Å². The summed E-state index contributed by atoms with van der Waals surface area (Å²) in [5, 5.41) is 11.1. The van der Waals surface area contributed by atoms with Gasteiger partial charge in [-0.3, -0.25) is 4.79 Å². The molecular formula is C14H15N3O3. The summed E-state index contributed by atoms with van der Waals surface area (Å²) in [7, 11) is 0. The SMILES string of the molecule is N#CCC(=O)Nc1ccc(C2OCN3COCC23)cc1. The summed E-state index contributed by atoms with van der Waals surface area (Å²) < 4.78 is 11.2. The second-order valence-electron chi connectivity index (χ2n) is 4.88. The van der Waals surface area contributed by atoms with Crippen LogP contribution in [0.15, 0.2) is 24.3 Å². The minimum absolute atomic E-state index is 0.0151. The highest BCUT2D eigenvalue weighted by atomic mass is 16.6. The van der Waals surface area contributed by atoms with Crippen molar-refractivity contribution in [1.29, 1.82) is 5.26 Å². The number of ether oxygens (including phenoxy) is 2. The predicted molar refractivity (Wildman–Crippen MR) is 70.4 cm³/mol. The summed E-state index contributed by atoms with van der Waals surface area (Å²) in [6.07, 6.45) is -0.122. The van der Waals surface area contributed by atoms with E-state index in [9.17, 15) is 4.79 Å². The number of carbonyl (C=O) groups excluding carboxylic acids is 1. The quantitative estimate of drug-likeness (QED) is 0.896. The van der Waals surface area contributed by atoms with Crippen molar-refractivity contribution in [3.8, 4) is 6.07 Å². The van der Waals surface area contributed by atoms with E-state index in [0.29, 0.717) is 25.8 Å². The van der Waals surface area contributed by atoms with Gasteiger partial charge in [-0.05, 0) is 17.7 Å². The molecule has 2 aliphatic rings. The fourth-order valence-corrected chi connectivity index (χ4v) is 2.54. The number of nitriles is 1. The van der Waals surface area contributed by atoms with Crippen molar-refractivity contribution in [2.45, 2.75) is 18.6 Å². The summed E-state index contributed by atoms with van der Waals surface area (Å²) >= 11 is 0. The summed E-state index contributed by atoms with van der Waals surface area (Å²) in [4.78, 5) is 13.5. The van der Waals surface area contributed by atoms with Gasteiger partial charge in [0.1, 0.15) is 26.0 Å². The number of amides is 1. The molecule has 2 atom stereocenters. The third-order valence-electron chi connectivity index (χ3n) is 3.55. The van der Waals surface area contributed by atoms with Crippen LogP contribution in [-0.4, -0.2) is 36.9 Å². The van der Waals surface area contributed by atoms with Gasteiger partial charge in [-0.25, -0.2) is 4.90 Å². The molecule has 0 saturated carbocycles. The standard InChI is InChI=1S/C14H15N3O3/c15-6-5-13(18)16-11-3-1-10(2-4-11)14-12-7-19-8-17(12)9-20-14/h1-4,12,14H,5,7-9H2,(H,16,18). The third-order valence-corrected chi connectivity index (χ3v) is 3.55. The fraction of sp³-hybridized carbons (Fsp3) is 0.429. The Morgan fingerprint density at radius 2 is 2.20 bits per heavy atom. The van der Waals surface area contributed by atoms with Gasteiger partial charge >= 0.3 is 0 Å². The second-order valence-corrected chi connectivity index (χ2v) is 4.88. The first kappa shape index (κ1) is 13.1. The molecule has 20 heavy (non-hydrogen) atoms. The normalized spacial score (nSPS) is 25.1. The minimum Gasteiger partial charge on any atom is -0.364 e. The van der Waals surface area contributed by atoms with E-state index < -0.39 is 0 Å². The predicted octanol–water partition coefficient (Wildman–Crippen LogP) is 1.23. The zero-order valence-corrected chi connectivity index (χ0v) is 10.9. The van der Waals surface area contributed by atoms with Gasteiger partial charge in [-0.15, -0.1) is 0 Å². The number of anilines is 1. The maximum atomic E-state index is 11.3. The number of hydrogen-bond acceptors (Lipinski definition) is 5. The van der Waals surface area contributed by atoms with Crippen molar-refractivity contribution in [1.82, 2.24) is 4.90 Å². The van der Waals surface area contributed by atoms with Crippen LogP contribution in [0, 0.1) is 11.3 Å². The molecule has 0 aliphatic carbocycles. The molecule has 2 saturated heterocycles. The molecule has 6 nitrogen and oxygen atoms in total. The van der Waals surface area contributed by atoms with Gasteiger partial charge in [0.2, 0.25) is 5.91 Å². The van der Waals surface area contributed by atoms with E-state index >= 15 is 0 Å². The molecule has 1 aromatic rings. The molecule has 0 aromatic heterocycles. The zero-order chi connectivity index (χ0) is 13.9. The Morgan fingerprint density at radius 3 is 2.95 bits per heavy atom. The zero-order valence-electron chi connectivity index (χ0n) is 10.9. The monoisotopic (exact) mass is 273 g/mol. The van der Waals surface area contributed by atoms with Crippen LogP contribution in [0.5, 0.6) is 0 Å². The number of hydrogen-bond donors (Lipinski definition) is 1. The van der Waals surface area contributed by atoms with Crippen LogP contribution in [0.1, 0.15) is 18.1 Å². The van der Waals surface area contributed by atoms with Gasteiger partial charge in [0, 0.05) is 5.69 Å². The molecule has 2 unspecified atom stereocenters. The maximum absolute atomic E-state index is 11.3. The van der Waals surface area contributed by atoms with E-state index in [1.54, 1.807) is 0 Å². The smallest absolute Gasteiger partial charge is 0.238 e. The lowest BCUT2D eigenvalue weighted by molar-refractivity contribution is -0.115. The fourth-order valence-electron chi connectivity index (χ4n) is 2.54. The number of nitrogens with zero attached hydrogens (tertiary/aromatic N) is 2. The summed E-state index contributed by atoms with van der Waals surface area (Å²) in [5.74, 6) is -0.298. The lowest BCUT2D eigenvalue weighted by atomic mass is 10.0. The number of rotatable bonds is 3. The molecule has 6 heteroatoms. The molecule has 0 spiro atoms. The van der Waals surface area contributed by atoms with Crippen molar-refractivity contribution >= 4 is 11.6 Å². The van der Waals surface area contributed by atoms with E-state index in [4.69, 9.17) is 14.7 Å². The Bertz CT molecular complexity index is 538. The molecule has 0 bridgehead atoms. The lowest BCUT2D eigenvalue weighted by Gasteiger charge is -2.16. The van der Waals surface area contributed by atoms with Gasteiger partial charge in [0.25, 0.3) is 0 Å². The lowest BCUT2D eigenvalue weighted by Crippen LogP contribution is -2.27. The Morgan fingerprint density at radius 1 is 1.40 bits per heavy atom. The van der Waals surface area contributed by atoms with Gasteiger partial charge in [-0.1, -0.05) is 12.1 Å². The summed E-state index contributed by atoms with van der Waals surface area (Å²) in [6, 6.07) is 9.62. The van der Waals surface area contributed by atoms with E-state index in [1.165, 1.54) is 0 Å². The van der Waals surface area contributed by atoms with Crippen molar-refractivity contribution in [3.05, 3.63) is 29.8 Å². The summed E-state index contributed by atoms with van der Waals surface area (Å²) in [5.41, 5.74) is 1.76. The molecule has 1 amide bonds. The van der Waals surface area contributed by atoms with Gasteiger partial charge in [0.15, 0.2) is 0 Å². The molecule has 1 N–H and O–H groups in total. The highest BCUT2D eigenvalue weighted by Crippen LogP contribution is 2.34. The van der Waals surface area contributed by atoms with Crippen LogP contribution in [0.2, 0.25) is 0 Å². The van der Waals surface area contributed by atoms with Crippen LogP contribution in [0.3, 0.4) is 0 Å². The van der Waals surface area contributed by atoms with Gasteiger partial charge in [-0.2, -0.15) is 5.26 Å². The van der Waals surface area contributed by atoms with Crippen molar-refractivity contribution in [2.24, 2.45) is 0 Å². The highest BCUT2D eigenvalue weighted by molar-refractivity contribution is 5.91. The Hall–Kier alpha value is -1.94. The Balaban J connectivity index is 1.67. The van der Waals surface area contributed by atoms with Crippen LogP contribution < -0.4 is 5.32 Å². The molecule has 104 valence electrons. The first-order valence-electron chi connectivity index (χ1n) is 6.48. The highest BCUT2D eigenvalue weighted by Gasteiger charge is 2.39. The van der Waals surface area contributed by atoms with Crippen LogP contribution >= 0.6 is 0 Å². The Labute approximate surface area is 116 Å². The Kier molecular flexibility index (Phi) is 3.65. The van der Waals surface area contributed by atoms with Crippen molar-refractivity contribution in [2.75, 3.05) is 25.4 Å². The first-order chi connectivity index (χ1) is 9.78.